The van der Waals surface area contributed by atoms with Gasteiger partial charge in [-0.1, -0.05) is 6.08 Å². The SMILES string of the molecule is C=C[CH][C@@H](CC(=O)OC)C(C)(C(=O)OC)C(=O)OC. The van der Waals surface area contributed by atoms with E-state index >= 15 is 0 Å². The summed E-state index contributed by atoms with van der Waals surface area (Å²) >= 11 is 0. The van der Waals surface area contributed by atoms with E-state index in [2.05, 4.69) is 20.8 Å². The summed E-state index contributed by atoms with van der Waals surface area (Å²) in [5, 5.41) is 0. The molecule has 107 valence electrons. The van der Waals surface area contributed by atoms with Gasteiger partial charge in [0, 0.05) is 5.92 Å². The number of rotatable bonds is 7. The zero-order valence-corrected chi connectivity index (χ0v) is 11.6. The molecule has 0 saturated heterocycles. The Morgan fingerprint density at radius 3 is 1.89 bits per heavy atom. The van der Waals surface area contributed by atoms with E-state index in [1.54, 1.807) is 0 Å². The van der Waals surface area contributed by atoms with Gasteiger partial charge in [-0.3, -0.25) is 14.4 Å². The molecule has 0 aliphatic rings. The van der Waals surface area contributed by atoms with Crippen LogP contribution in [0.1, 0.15) is 13.3 Å². The molecule has 0 unspecified atom stereocenters. The first-order valence-electron chi connectivity index (χ1n) is 5.57. The Morgan fingerprint density at radius 2 is 1.58 bits per heavy atom. The molecule has 0 rings (SSSR count). The number of allylic oxidation sites excluding steroid dienone is 1. The van der Waals surface area contributed by atoms with E-state index in [1.165, 1.54) is 26.5 Å². The van der Waals surface area contributed by atoms with Crippen molar-refractivity contribution in [3.63, 3.8) is 0 Å². The molecule has 6 nitrogen and oxygen atoms in total. The first-order chi connectivity index (χ1) is 8.88. The summed E-state index contributed by atoms with van der Waals surface area (Å²) in [6.45, 7) is 4.86. The number of hydrogen-bond donors (Lipinski definition) is 0. The third kappa shape index (κ3) is 3.81. The maximum Gasteiger partial charge on any atom is 0.323 e. The van der Waals surface area contributed by atoms with E-state index < -0.39 is 29.2 Å². The minimum absolute atomic E-state index is 0.163. The highest BCUT2D eigenvalue weighted by Crippen LogP contribution is 2.35. The summed E-state index contributed by atoms with van der Waals surface area (Å²) in [6.07, 6.45) is 2.71. The Hall–Kier alpha value is -1.85. The molecule has 0 aromatic rings. The van der Waals surface area contributed by atoms with Crippen LogP contribution >= 0.6 is 0 Å². The number of carbonyl (C=O) groups excluding carboxylic acids is 3. The normalized spacial score (nSPS) is 12.2. The second kappa shape index (κ2) is 7.56. The van der Waals surface area contributed by atoms with Crippen LogP contribution < -0.4 is 0 Å². The number of esters is 3. The monoisotopic (exact) mass is 271 g/mol. The summed E-state index contributed by atoms with van der Waals surface area (Å²) in [4.78, 5) is 35.2. The van der Waals surface area contributed by atoms with Gasteiger partial charge in [0.2, 0.25) is 0 Å². The lowest BCUT2D eigenvalue weighted by Crippen LogP contribution is -2.45. The molecule has 0 aliphatic heterocycles. The first kappa shape index (κ1) is 17.2. The van der Waals surface area contributed by atoms with Crippen molar-refractivity contribution in [3.05, 3.63) is 19.1 Å². The molecule has 0 heterocycles. The summed E-state index contributed by atoms with van der Waals surface area (Å²) in [5.41, 5.74) is -1.63. The van der Waals surface area contributed by atoms with E-state index in [0.29, 0.717) is 0 Å². The van der Waals surface area contributed by atoms with E-state index in [0.717, 1.165) is 14.2 Å². The quantitative estimate of drug-likeness (QED) is 0.389. The lowest BCUT2D eigenvalue weighted by atomic mass is 9.73. The zero-order valence-electron chi connectivity index (χ0n) is 11.6. The Labute approximate surface area is 112 Å². The van der Waals surface area contributed by atoms with Crippen LogP contribution in [0.15, 0.2) is 12.7 Å². The number of methoxy groups -OCH3 is 3. The zero-order chi connectivity index (χ0) is 15.1. The van der Waals surface area contributed by atoms with Gasteiger partial charge >= 0.3 is 17.9 Å². The fraction of sp³-hybridized carbons (Fsp3) is 0.538. The van der Waals surface area contributed by atoms with Gasteiger partial charge in [0.25, 0.3) is 0 Å². The van der Waals surface area contributed by atoms with Gasteiger partial charge in [-0.05, 0) is 13.3 Å². The maximum absolute atomic E-state index is 11.9. The van der Waals surface area contributed by atoms with Crippen molar-refractivity contribution in [2.75, 3.05) is 21.3 Å². The van der Waals surface area contributed by atoms with Crippen molar-refractivity contribution < 1.29 is 28.6 Å². The minimum Gasteiger partial charge on any atom is -0.469 e. The van der Waals surface area contributed by atoms with Crippen LogP contribution in [0, 0.1) is 17.8 Å². The summed E-state index contributed by atoms with van der Waals surface area (Å²) in [6, 6.07) is 0. The van der Waals surface area contributed by atoms with E-state index in [4.69, 9.17) is 0 Å². The van der Waals surface area contributed by atoms with Crippen molar-refractivity contribution in [1.29, 1.82) is 0 Å². The van der Waals surface area contributed by atoms with Crippen molar-refractivity contribution >= 4 is 17.9 Å². The molecule has 0 aromatic carbocycles. The van der Waals surface area contributed by atoms with Crippen LogP contribution in [-0.4, -0.2) is 39.2 Å². The van der Waals surface area contributed by atoms with Gasteiger partial charge in [0.1, 0.15) is 0 Å². The van der Waals surface area contributed by atoms with Gasteiger partial charge in [0.15, 0.2) is 5.41 Å². The van der Waals surface area contributed by atoms with Gasteiger partial charge in [0.05, 0.1) is 27.8 Å². The molecule has 0 fully saturated rings. The Bertz CT molecular complexity index is 344. The predicted octanol–water partition coefficient (Wildman–Crippen LogP) is 0.908. The molecule has 0 bridgehead atoms. The Kier molecular flexibility index (Phi) is 6.82. The second-order valence-electron chi connectivity index (χ2n) is 4.00. The van der Waals surface area contributed by atoms with Gasteiger partial charge in [-0.15, -0.1) is 6.58 Å². The van der Waals surface area contributed by atoms with Gasteiger partial charge in [-0.2, -0.15) is 0 Å². The molecule has 0 aliphatic carbocycles. The highest BCUT2D eigenvalue weighted by atomic mass is 16.5. The lowest BCUT2D eigenvalue weighted by molar-refractivity contribution is -0.172. The van der Waals surface area contributed by atoms with Gasteiger partial charge in [-0.25, -0.2) is 0 Å². The van der Waals surface area contributed by atoms with Crippen LogP contribution in [0.5, 0.6) is 0 Å². The molecule has 0 spiro atoms. The van der Waals surface area contributed by atoms with Crippen molar-refractivity contribution in [3.8, 4) is 0 Å². The van der Waals surface area contributed by atoms with Crippen LogP contribution in [0.4, 0.5) is 0 Å². The smallest absolute Gasteiger partial charge is 0.323 e. The van der Waals surface area contributed by atoms with Crippen molar-refractivity contribution in [2.45, 2.75) is 13.3 Å². The predicted molar refractivity (Wildman–Crippen MR) is 66.8 cm³/mol. The summed E-state index contributed by atoms with van der Waals surface area (Å²) < 4.78 is 13.8. The van der Waals surface area contributed by atoms with Gasteiger partial charge < -0.3 is 14.2 Å². The highest BCUT2D eigenvalue weighted by molar-refractivity contribution is 6.00. The fourth-order valence-corrected chi connectivity index (χ4v) is 1.70. The summed E-state index contributed by atoms with van der Waals surface area (Å²) in [7, 11) is 3.54. The van der Waals surface area contributed by atoms with Crippen LogP contribution in [-0.2, 0) is 28.6 Å². The van der Waals surface area contributed by atoms with Crippen molar-refractivity contribution in [2.24, 2.45) is 11.3 Å². The average molecular weight is 271 g/mol. The molecule has 0 aromatic heterocycles. The molecule has 6 heteroatoms. The molecule has 1 atom stereocenters. The largest absolute Gasteiger partial charge is 0.469 e. The second-order valence-corrected chi connectivity index (χ2v) is 4.00. The fourth-order valence-electron chi connectivity index (χ4n) is 1.70. The van der Waals surface area contributed by atoms with E-state index in [-0.39, 0.29) is 6.42 Å². The molecule has 19 heavy (non-hydrogen) atoms. The third-order valence-electron chi connectivity index (χ3n) is 2.94. The highest BCUT2D eigenvalue weighted by Gasteiger charge is 2.50. The molecule has 0 saturated carbocycles. The number of carbonyl (C=O) groups is 3. The van der Waals surface area contributed by atoms with Crippen molar-refractivity contribution in [1.82, 2.24) is 0 Å². The van der Waals surface area contributed by atoms with Crippen LogP contribution in [0.25, 0.3) is 0 Å². The average Bonchev–Trinajstić information content (AvgIpc) is 2.43. The van der Waals surface area contributed by atoms with Crippen LogP contribution in [0.2, 0.25) is 0 Å². The van der Waals surface area contributed by atoms with E-state index in [1.807, 2.05) is 0 Å². The maximum atomic E-state index is 11.9. The van der Waals surface area contributed by atoms with Crippen LogP contribution in [0.3, 0.4) is 0 Å². The molecule has 1 radical (unpaired) electrons. The summed E-state index contributed by atoms with van der Waals surface area (Å²) in [5.74, 6) is -2.89. The number of hydrogen-bond acceptors (Lipinski definition) is 6. The molecule has 0 amide bonds. The Morgan fingerprint density at radius 1 is 1.11 bits per heavy atom. The number of ether oxygens (including phenoxy) is 3. The topological polar surface area (TPSA) is 78.9 Å². The first-order valence-corrected chi connectivity index (χ1v) is 5.57. The molecular formula is C13H19O6. The molecule has 0 N–H and O–H groups in total. The third-order valence-corrected chi connectivity index (χ3v) is 2.94. The minimum atomic E-state index is -1.63. The lowest BCUT2D eigenvalue weighted by Gasteiger charge is -2.31. The Balaban J connectivity index is 5.47. The molecular weight excluding hydrogens is 252 g/mol. The standard InChI is InChI=1S/C13H19O6/c1-6-7-9(8-10(14)17-3)13(2,11(15)18-4)12(16)19-5/h6-7,9H,1,8H2,2-5H3/t9-/m0/s1. The van der Waals surface area contributed by atoms with E-state index in [9.17, 15) is 14.4 Å².